The summed E-state index contributed by atoms with van der Waals surface area (Å²) >= 11 is 0. The molecule has 0 unspecified atom stereocenters. The molecule has 0 fully saturated rings. The molecule has 0 N–H and O–H groups in total. The number of aliphatic imine (C=N–C) groups is 1. The Labute approximate surface area is 343 Å². The fourth-order valence-electron chi connectivity index (χ4n) is 10.2. The Hall–Kier alpha value is -5.06. The number of fused-ring (bicyclic) bond motifs is 8. The third-order valence-corrected chi connectivity index (χ3v) is 12.3. The summed E-state index contributed by atoms with van der Waals surface area (Å²) in [6.45, 7) is 20.1. The Morgan fingerprint density at radius 1 is 0.804 bits per heavy atom. The second kappa shape index (κ2) is 12.5. The second-order valence-electron chi connectivity index (χ2n) is 17.4. The Kier molecular flexibility index (Phi) is 8.14. The van der Waals surface area contributed by atoms with E-state index in [1.165, 1.54) is 55.2 Å². The van der Waals surface area contributed by atoms with Gasteiger partial charge in [-0.05, 0) is 91.0 Å². The maximum Gasteiger partial charge on any atom is 2.00 e. The first kappa shape index (κ1) is 36.6. The van der Waals surface area contributed by atoms with Crippen LogP contribution in [0.15, 0.2) is 90.2 Å². The third-order valence-electron chi connectivity index (χ3n) is 12.3. The van der Waals surface area contributed by atoms with Crippen LogP contribution in [-0.4, -0.2) is 26.0 Å². The normalized spacial score (nSPS) is 19.7. The van der Waals surface area contributed by atoms with Crippen molar-refractivity contribution < 1.29 is 30.5 Å². The van der Waals surface area contributed by atoms with E-state index in [0.717, 1.165) is 40.1 Å². The summed E-state index contributed by atoms with van der Waals surface area (Å²) in [5.41, 5.74) is 14.5. The molecule has 5 heterocycles. The van der Waals surface area contributed by atoms with Gasteiger partial charge in [-0.3, -0.25) is 9.98 Å². The number of nitrogens with zero attached hydrogens (tertiary/aromatic N) is 4. The predicted molar refractivity (Wildman–Crippen MR) is 220 cm³/mol. The Balaban J connectivity index is 0.00000410. The fraction of sp³-hybridized carbons (Fsp3) is 0.286. The Morgan fingerprint density at radius 2 is 1.62 bits per heavy atom. The van der Waals surface area contributed by atoms with E-state index < -0.39 is 5.54 Å². The molecule has 10 rings (SSSR count). The van der Waals surface area contributed by atoms with Gasteiger partial charge in [-0.15, -0.1) is 23.3 Å². The van der Waals surface area contributed by atoms with Crippen LogP contribution in [-0.2, 0) is 36.6 Å². The van der Waals surface area contributed by atoms with Crippen LogP contribution >= 0.6 is 0 Å². The van der Waals surface area contributed by atoms with Crippen molar-refractivity contribution in [3.05, 3.63) is 147 Å². The van der Waals surface area contributed by atoms with Gasteiger partial charge in [0, 0.05) is 34.7 Å². The first-order valence-electron chi connectivity index (χ1n) is 19.3. The number of rotatable bonds is 4. The van der Waals surface area contributed by atoms with Crippen molar-refractivity contribution in [1.82, 2.24) is 14.5 Å². The van der Waals surface area contributed by atoms with Crippen molar-refractivity contribution in [2.45, 2.75) is 91.2 Å². The van der Waals surface area contributed by atoms with E-state index in [1.807, 2.05) is 36.7 Å². The van der Waals surface area contributed by atoms with Gasteiger partial charge in [0.1, 0.15) is 17.6 Å². The van der Waals surface area contributed by atoms with Gasteiger partial charge in [0.15, 0.2) is 0 Å². The molecule has 56 heavy (non-hydrogen) atoms. The Morgan fingerprint density at radius 3 is 2.41 bits per heavy atom. The van der Waals surface area contributed by atoms with Crippen molar-refractivity contribution in [2.24, 2.45) is 4.99 Å². The smallest absolute Gasteiger partial charge is 0.510 e. The molecule has 4 aromatic carbocycles. The molecule has 6 nitrogen and oxygen atoms in total. The number of ether oxygens (including phenoxy) is 2. The minimum Gasteiger partial charge on any atom is -0.510 e. The van der Waals surface area contributed by atoms with E-state index in [0.29, 0.717) is 17.4 Å². The van der Waals surface area contributed by atoms with Crippen LogP contribution < -0.4 is 4.74 Å². The number of para-hydroxylation sites is 1. The molecule has 0 bridgehead atoms. The third kappa shape index (κ3) is 5.28. The number of hydrogen-bond donors (Lipinski definition) is 0. The molecule has 0 saturated heterocycles. The molecular formula is C49H44N4O2Pt. The second-order valence-corrected chi connectivity index (χ2v) is 17.4. The average molecular weight is 916 g/mol. The minimum absolute atomic E-state index is 0. The molecule has 0 saturated carbocycles. The number of pyridine rings is 2. The van der Waals surface area contributed by atoms with E-state index in [1.54, 1.807) is 0 Å². The van der Waals surface area contributed by atoms with Gasteiger partial charge in [-0.25, -0.2) is 4.98 Å². The summed E-state index contributed by atoms with van der Waals surface area (Å²) in [7, 11) is 0. The van der Waals surface area contributed by atoms with Gasteiger partial charge in [-0.1, -0.05) is 106 Å². The number of aryl methyl sites for hydroxylation is 4. The topological polar surface area (TPSA) is 61.5 Å². The van der Waals surface area contributed by atoms with E-state index in [-0.39, 0.29) is 38.0 Å². The maximum absolute atomic E-state index is 6.93. The summed E-state index contributed by atoms with van der Waals surface area (Å²) < 4.78 is 16.1. The van der Waals surface area contributed by atoms with Crippen molar-refractivity contribution in [2.75, 3.05) is 0 Å². The molecular weight excluding hydrogens is 872 g/mol. The van der Waals surface area contributed by atoms with E-state index in [4.69, 9.17) is 24.4 Å². The fourth-order valence-corrected chi connectivity index (χ4v) is 10.2. The van der Waals surface area contributed by atoms with Gasteiger partial charge < -0.3 is 14.0 Å². The summed E-state index contributed by atoms with van der Waals surface area (Å²) in [6.07, 6.45) is 4.38. The van der Waals surface area contributed by atoms with Crippen LogP contribution in [0.25, 0.3) is 38.9 Å². The zero-order chi connectivity index (χ0) is 38.2. The van der Waals surface area contributed by atoms with Crippen LogP contribution in [0, 0.1) is 39.8 Å². The predicted octanol–water partition coefficient (Wildman–Crippen LogP) is 11.5. The van der Waals surface area contributed by atoms with Gasteiger partial charge in [0.25, 0.3) is 0 Å². The van der Waals surface area contributed by atoms with E-state index >= 15 is 0 Å². The molecule has 0 radical (unpaired) electrons. The summed E-state index contributed by atoms with van der Waals surface area (Å²) in [6, 6.07) is 32.9. The number of aromatic nitrogens is 3. The summed E-state index contributed by atoms with van der Waals surface area (Å²) in [4.78, 5) is 15.0. The van der Waals surface area contributed by atoms with E-state index in [2.05, 4.69) is 128 Å². The van der Waals surface area contributed by atoms with E-state index in [9.17, 15) is 0 Å². The molecule has 7 aromatic rings. The number of benzene rings is 4. The molecule has 3 aromatic heterocycles. The van der Waals surface area contributed by atoms with Gasteiger partial charge in [-0.2, -0.15) is 6.07 Å². The van der Waals surface area contributed by atoms with Crippen LogP contribution in [0.3, 0.4) is 0 Å². The van der Waals surface area contributed by atoms with Gasteiger partial charge in [0.05, 0.1) is 16.7 Å². The Bertz CT molecular complexity index is 2820. The van der Waals surface area contributed by atoms with Gasteiger partial charge in [0.2, 0.25) is 0 Å². The average Bonchev–Trinajstić information content (AvgIpc) is 3.67. The molecule has 0 amide bonds. The molecule has 3 aliphatic rings. The maximum atomic E-state index is 6.93. The van der Waals surface area contributed by atoms with Crippen molar-refractivity contribution in [1.29, 1.82) is 0 Å². The van der Waals surface area contributed by atoms with Crippen LogP contribution in [0.1, 0.15) is 97.2 Å². The van der Waals surface area contributed by atoms with Crippen LogP contribution in [0.2, 0.25) is 0 Å². The summed E-state index contributed by atoms with van der Waals surface area (Å²) in [5, 5.41) is 2.38. The number of hydrogen-bond acceptors (Lipinski definition) is 5. The monoisotopic (exact) mass is 915 g/mol. The largest absolute Gasteiger partial charge is 2.00 e. The quantitative estimate of drug-likeness (QED) is 0.165. The first-order chi connectivity index (χ1) is 26.2. The first-order valence-corrected chi connectivity index (χ1v) is 19.3. The van der Waals surface area contributed by atoms with Gasteiger partial charge >= 0.3 is 21.1 Å². The SMILES string of the molecule is Cc1cc(C)c2c(c1)[C@@H]1OC(c3[c-]c(Oc4[c-]c5c(cc4C)C(C)(C)c4cccc6c7c(C)ccnc7n-5c46)cc(-c4ccccn4)c3)=N[C@]1(C)CC2(C)C.[Pt+2]. The molecule has 2 aliphatic heterocycles. The van der Waals surface area contributed by atoms with Crippen molar-refractivity contribution in [3.63, 3.8) is 0 Å². The standard InChI is InChI=1S/C49H44N4O2.Pt/c1-27-19-30(4)42-35(20-27)44-49(9,26-47(42,5)6)52-46(55-44)32-22-31(38-15-10-11-17-50-38)23-33(24-32)54-40-25-39-37(21-29(40)3)48(7,8)36-14-12-13-34-41-28(2)16-18-51-45(41)53(39)43(34)36;/h10-23,44H,26H2,1-9H3;/q-2;+2/t44-,49+;/m0./s1. The molecule has 7 heteroatoms. The van der Waals surface area contributed by atoms with Crippen LogP contribution in [0.5, 0.6) is 11.5 Å². The minimum atomic E-state index is -0.439. The molecule has 0 spiro atoms. The molecule has 1 aliphatic carbocycles. The zero-order valence-electron chi connectivity index (χ0n) is 33.3. The zero-order valence-corrected chi connectivity index (χ0v) is 35.6. The van der Waals surface area contributed by atoms with Crippen LogP contribution in [0.4, 0.5) is 0 Å². The molecule has 282 valence electrons. The van der Waals surface area contributed by atoms with Crippen molar-refractivity contribution >= 4 is 27.8 Å². The van der Waals surface area contributed by atoms with Crippen molar-refractivity contribution in [3.8, 4) is 28.4 Å². The summed E-state index contributed by atoms with van der Waals surface area (Å²) in [5.74, 6) is 1.75. The molecule has 2 atom stereocenters.